The monoisotopic (exact) mass is 367 g/mol. The lowest BCUT2D eigenvalue weighted by atomic mass is 10.1. The van der Waals surface area contributed by atoms with Gasteiger partial charge in [0.05, 0.1) is 11.3 Å². The number of morpholine rings is 1. The van der Waals surface area contributed by atoms with Crippen LogP contribution in [0.1, 0.15) is 29.8 Å². The first-order valence-corrected chi connectivity index (χ1v) is 8.32. The second-order valence-corrected chi connectivity index (χ2v) is 7.02. The Kier molecular flexibility index (Phi) is 4.09. The number of ketones is 1. The molecule has 1 saturated heterocycles. The number of Topliss-reactive ketones (excluding diaryl/α,β-unsaturated/α-hetero) is 1. The molecule has 2 aliphatic rings. The van der Waals surface area contributed by atoms with Crippen LogP contribution in [0.3, 0.4) is 0 Å². The molecular formula is C16H20BrN2O3+. The van der Waals surface area contributed by atoms with Crippen molar-refractivity contribution in [1.29, 1.82) is 0 Å². The number of rotatable bonds is 2. The van der Waals surface area contributed by atoms with Crippen molar-refractivity contribution < 1.29 is 19.2 Å². The van der Waals surface area contributed by atoms with Crippen LogP contribution < -0.4 is 9.80 Å². The summed E-state index contributed by atoms with van der Waals surface area (Å²) < 4.78 is 6.46. The standard InChI is InChI=1S/C16H19BrN2O3/c1-9-4-5-12-13(14(9)17)15(20)16(21)19(12)8-18-6-10(2)22-11(3)7-18/h4-5,10-11H,6-8H2,1-3H3/p+1/t10-,11+. The highest BCUT2D eigenvalue weighted by Crippen LogP contribution is 2.35. The van der Waals surface area contributed by atoms with E-state index in [0.717, 1.165) is 23.1 Å². The van der Waals surface area contributed by atoms with Gasteiger partial charge < -0.3 is 9.64 Å². The van der Waals surface area contributed by atoms with Gasteiger partial charge in [-0.1, -0.05) is 6.07 Å². The molecule has 0 saturated carbocycles. The van der Waals surface area contributed by atoms with Gasteiger partial charge >= 0.3 is 5.91 Å². The summed E-state index contributed by atoms with van der Waals surface area (Å²) in [5.74, 6) is -0.847. The Balaban J connectivity index is 1.89. The van der Waals surface area contributed by atoms with E-state index < -0.39 is 11.7 Å². The minimum absolute atomic E-state index is 0.163. The molecule has 1 N–H and O–H groups in total. The van der Waals surface area contributed by atoms with Gasteiger partial charge in [-0.15, -0.1) is 0 Å². The summed E-state index contributed by atoms with van der Waals surface area (Å²) in [7, 11) is 0. The van der Waals surface area contributed by atoms with Crippen LogP contribution in [0.5, 0.6) is 0 Å². The van der Waals surface area contributed by atoms with Gasteiger partial charge in [0.25, 0.3) is 5.78 Å². The van der Waals surface area contributed by atoms with Gasteiger partial charge in [0.2, 0.25) is 0 Å². The minimum atomic E-state index is -0.430. The lowest BCUT2D eigenvalue weighted by molar-refractivity contribution is -0.913. The summed E-state index contributed by atoms with van der Waals surface area (Å²) in [6.07, 6.45) is 0.327. The molecule has 1 aromatic carbocycles. The zero-order valence-electron chi connectivity index (χ0n) is 13.0. The van der Waals surface area contributed by atoms with Crippen LogP contribution >= 0.6 is 15.9 Å². The van der Waals surface area contributed by atoms with E-state index in [2.05, 4.69) is 15.9 Å². The fourth-order valence-electron chi connectivity index (χ4n) is 3.35. The number of aryl methyl sites for hydroxylation is 1. The number of nitrogens with one attached hydrogen (secondary N) is 1. The molecule has 1 aromatic rings. The predicted octanol–water partition coefficient (Wildman–Crippen LogP) is 0.936. The Morgan fingerprint density at radius 2 is 1.91 bits per heavy atom. The summed E-state index contributed by atoms with van der Waals surface area (Å²) >= 11 is 3.44. The quantitative estimate of drug-likeness (QED) is 0.791. The summed E-state index contributed by atoms with van der Waals surface area (Å²) in [6, 6.07) is 3.80. The average molecular weight is 368 g/mol. The summed E-state index contributed by atoms with van der Waals surface area (Å²) in [4.78, 5) is 27.5. The Morgan fingerprint density at radius 3 is 2.55 bits per heavy atom. The van der Waals surface area contributed by atoms with Crippen molar-refractivity contribution in [3.8, 4) is 0 Å². The summed E-state index contributed by atoms with van der Waals surface area (Å²) in [5.41, 5.74) is 2.17. The molecule has 0 bridgehead atoms. The molecule has 0 radical (unpaired) electrons. The van der Waals surface area contributed by atoms with Crippen LogP contribution in [0.25, 0.3) is 0 Å². The number of nitrogens with zero attached hydrogens (tertiary/aromatic N) is 1. The van der Waals surface area contributed by atoms with E-state index in [1.54, 1.807) is 4.90 Å². The average Bonchev–Trinajstić information content (AvgIpc) is 2.67. The molecule has 0 aromatic heterocycles. The van der Waals surface area contributed by atoms with Crippen LogP contribution in [0.2, 0.25) is 0 Å². The highest BCUT2D eigenvalue weighted by atomic mass is 79.9. The van der Waals surface area contributed by atoms with Crippen LogP contribution in [-0.4, -0.2) is 43.7 Å². The van der Waals surface area contributed by atoms with E-state index in [1.165, 1.54) is 4.90 Å². The molecule has 6 heteroatoms. The molecule has 1 fully saturated rings. The predicted molar refractivity (Wildman–Crippen MR) is 86.3 cm³/mol. The fourth-order valence-corrected chi connectivity index (χ4v) is 3.86. The molecule has 5 nitrogen and oxygen atoms in total. The Bertz CT molecular complexity index is 637. The number of quaternary nitrogens is 1. The Hall–Kier alpha value is -1.24. The van der Waals surface area contributed by atoms with Crippen LogP contribution in [-0.2, 0) is 9.53 Å². The number of carbonyl (C=O) groups excluding carboxylic acids is 2. The fraction of sp³-hybridized carbons (Fsp3) is 0.500. The first kappa shape index (κ1) is 15.6. The van der Waals surface area contributed by atoms with E-state index in [0.29, 0.717) is 17.9 Å². The van der Waals surface area contributed by atoms with Gasteiger partial charge in [-0.3, -0.25) is 14.5 Å². The van der Waals surface area contributed by atoms with Crippen LogP contribution in [0, 0.1) is 6.92 Å². The van der Waals surface area contributed by atoms with Crippen molar-refractivity contribution in [2.45, 2.75) is 33.0 Å². The second-order valence-electron chi connectivity index (χ2n) is 6.23. The van der Waals surface area contributed by atoms with Crippen molar-refractivity contribution in [3.05, 3.63) is 27.7 Å². The first-order valence-electron chi connectivity index (χ1n) is 7.52. The van der Waals surface area contributed by atoms with Crippen molar-refractivity contribution in [2.24, 2.45) is 0 Å². The number of carbonyl (C=O) groups is 2. The maximum absolute atomic E-state index is 12.4. The Morgan fingerprint density at radius 1 is 1.27 bits per heavy atom. The number of hydrogen-bond donors (Lipinski definition) is 1. The number of amides is 1. The maximum atomic E-state index is 12.4. The minimum Gasteiger partial charge on any atom is -0.364 e. The maximum Gasteiger partial charge on any atom is 0.303 e. The normalized spacial score (nSPS) is 28.2. The lowest BCUT2D eigenvalue weighted by Gasteiger charge is -2.34. The van der Waals surface area contributed by atoms with Gasteiger partial charge in [0.15, 0.2) is 6.67 Å². The molecule has 118 valence electrons. The third-order valence-electron chi connectivity index (χ3n) is 4.27. The summed E-state index contributed by atoms with van der Waals surface area (Å²) in [6.45, 7) is 8.18. The number of benzene rings is 1. The zero-order valence-corrected chi connectivity index (χ0v) is 14.6. The Labute approximate surface area is 138 Å². The lowest BCUT2D eigenvalue weighted by Crippen LogP contribution is -3.17. The van der Waals surface area contributed by atoms with E-state index in [1.807, 2.05) is 32.9 Å². The number of hydrogen-bond acceptors (Lipinski definition) is 3. The number of ether oxygens (including phenoxy) is 1. The zero-order chi connectivity index (χ0) is 16.0. The molecule has 22 heavy (non-hydrogen) atoms. The van der Waals surface area contributed by atoms with E-state index in [-0.39, 0.29) is 12.2 Å². The SMILES string of the molecule is Cc1ccc2c(c1Br)C(=O)C(=O)N2C[NH+]1C[C@@H](C)O[C@@H](C)C1. The van der Waals surface area contributed by atoms with Crippen molar-refractivity contribution in [3.63, 3.8) is 0 Å². The second kappa shape index (κ2) is 5.76. The van der Waals surface area contributed by atoms with E-state index in [9.17, 15) is 9.59 Å². The molecule has 1 amide bonds. The van der Waals surface area contributed by atoms with Gasteiger partial charge in [-0.2, -0.15) is 0 Å². The first-order chi connectivity index (χ1) is 10.4. The highest BCUT2D eigenvalue weighted by Gasteiger charge is 2.40. The molecule has 2 aliphatic heterocycles. The van der Waals surface area contributed by atoms with Gasteiger partial charge in [0, 0.05) is 4.47 Å². The highest BCUT2D eigenvalue weighted by molar-refractivity contribution is 9.10. The van der Waals surface area contributed by atoms with Gasteiger partial charge in [-0.05, 0) is 48.3 Å². The van der Waals surface area contributed by atoms with Crippen molar-refractivity contribution in [1.82, 2.24) is 0 Å². The number of fused-ring (bicyclic) bond motifs is 1. The third-order valence-corrected chi connectivity index (χ3v) is 5.29. The molecular weight excluding hydrogens is 348 g/mol. The molecule has 3 atom stereocenters. The molecule has 3 rings (SSSR count). The van der Waals surface area contributed by atoms with Crippen molar-refractivity contribution >= 4 is 33.3 Å². The van der Waals surface area contributed by atoms with E-state index >= 15 is 0 Å². The van der Waals surface area contributed by atoms with Crippen LogP contribution in [0.15, 0.2) is 16.6 Å². The third kappa shape index (κ3) is 2.59. The topological polar surface area (TPSA) is 51.0 Å². The van der Waals surface area contributed by atoms with Crippen LogP contribution in [0.4, 0.5) is 5.69 Å². The smallest absolute Gasteiger partial charge is 0.303 e. The molecule has 0 spiro atoms. The van der Waals surface area contributed by atoms with Gasteiger partial charge in [-0.25, -0.2) is 0 Å². The van der Waals surface area contributed by atoms with Crippen molar-refractivity contribution in [2.75, 3.05) is 24.7 Å². The largest absolute Gasteiger partial charge is 0.364 e. The summed E-state index contributed by atoms with van der Waals surface area (Å²) in [5, 5.41) is 0. The molecule has 1 unspecified atom stereocenters. The number of halogens is 1. The number of anilines is 1. The van der Waals surface area contributed by atoms with E-state index in [4.69, 9.17) is 4.74 Å². The molecule has 0 aliphatic carbocycles. The van der Waals surface area contributed by atoms with Gasteiger partial charge in [0.1, 0.15) is 25.3 Å². The molecule has 2 heterocycles.